The van der Waals surface area contributed by atoms with Crippen LogP contribution < -0.4 is 0 Å². The van der Waals surface area contributed by atoms with Crippen LogP contribution in [0.1, 0.15) is 24.0 Å². The summed E-state index contributed by atoms with van der Waals surface area (Å²) in [5, 5.41) is 1.86. The van der Waals surface area contributed by atoms with Gasteiger partial charge in [0.25, 0.3) is 5.22 Å². The molecule has 0 spiro atoms. The Morgan fingerprint density at radius 3 is 2.65 bits per heavy atom. The first-order chi connectivity index (χ1) is 8.10. The molecule has 17 heavy (non-hydrogen) atoms. The van der Waals surface area contributed by atoms with Crippen LogP contribution in [-0.2, 0) is 6.42 Å². The summed E-state index contributed by atoms with van der Waals surface area (Å²) in [6.07, 6.45) is 2.36. The molecule has 6 heteroatoms. The minimum absolute atomic E-state index is 0.489. The van der Waals surface area contributed by atoms with Gasteiger partial charge in [-0.1, -0.05) is 18.5 Å². The average molecular weight is 270 g/mol. The molecule has 90 valence electrons. The maximum absolute atomic E-state index is 6.05. The zero-order valence-electron chi connectivity index (χ0n) is 9.82. The van der Waals surface area contributed by atoms with E-state index in [0.29, 0.717) is 10.4 Å². The number of aryl methyl sites for hydroxylation is 2. The monoisotopic (exact) mass is 269 g/mol. The average Bonchev–Trinajstić information content (AvgIpc) is 2.70. The normalized spacial score (nSPS) is 10.8. The molecule has 2 heterocycles. The SMILES string of the molecule is CCc1nc(Cl)c(C)c(Sc2nc(C)co2)n1. The van der Waals surface area contributed by atoms with Crippen LogP contribution in [0.15, 0.2) is 20.9 Å². The molecule has 0 aliphatic carbocycles. The first kappa shape index (κ1) is 12.4. The van der Waals surface area contributed by atoms with Gasteiger partial charge in [0.2, 0.25) is 0 Å². The number of hydrogen-bond acceptors (Lipinski definition) is 5. The second-order valence-corrected chi connectivity index (χ2v) is 4.87. The van der Waals surface area contributed by atoms with Crippen LogP contribution in [0.25, 0.3) is 0 Å². The molecule has 0 fully saturated rings. The fourth-order valence-corrected chi connectivity index (χ4v) is 2.33. The fraction of sp³-hybridized carbons (Fsp3) is 0.364. The van der Waals surface area contributed by atoms with Gasteiger partial charge < -0.3 is 4.42 Å². The first-order valence-electron chi connectivity index (χ1n) is 5.23. The highest BCUT2D eigenvalue weighted by Gasteiger charge is 2.12. The lowest BCUT2D eigenvalue weighted by Crippen LogP contribution is -1.98. The largest absolute Gasteiger partial charge is 0.439 e. The summed E-state index contributed by atoms with van der Waals surface area (Å²) in [6.45, 7) is 5.76. The van der Waals surface area contributed by atoms with Crippen molar-refractivity contribution in [1.82, 2.24) is 15.0 Å². The van der Waals surface area contributed by atoms with Crippen LogP contribution in [0.5, 0.6) is 0 Å². The van der Waals surface area contributed by atoms with E-state index in [1.807, 2.05) is 20.8 Å². The lowest BCUT2D eigenvalue weighted by molar-refractivity contribution is 0.453. The van der Waals surface area contributed by atoms with E-state index >= 15 is 0 Å². The van der Waals surface area contributed by atoms with Crippen molar-refractivity contribution in [2.75, 3.05) is 0 Å². The van der Waals surface area contributed by atoms with Crippen molar-refractivity contribution in [3.05, 3.63) is 28.5 Å². The number of hydrogen-bond donors (Lipinski definition) is 0. The van der Waals surface area contributed by atoms with E-state index in [1.54, 1.807) is 6.26 Å². The molecule has 0 saturated heterocycles. The van der Waals surface area contributed by atoms with Gasteiger partial charge in [-0.2, -0.15) is 0 Å². The summed E-state index contributed by atoms with van der Waals surface area (Å²) in [4.78, 5) is 12.8. The molecule has 0 aliphatic heterocycles. The molecule has 0 aromatic carbocycles. The topological polar surface area (TPSA) is 51.8 Å². The molecule has 0 radical (unpaired) electrons. The highest BCUT2D eigenvalue weighted by molar-refractivity contribution is 7.99. The number of rotatable bonds is 3. The zero-order valence-corrected chi connectivity index (χ0v) is 11.4. The third kappa shape index (κ3) is 2.79. The van der Waals surface area contributed by atoms with Gasteiger partial charge in [-0.25, -0.2) is 15.0 Å². The summed E-state index contributed by atoms with van der Waals surface area (Å²) < 4.78 is 5.28. The Bertz CT molecular complexity index is 542. The Labute approximate surface area is 109 Å². The molecule has 0 amide bonds. The van der Waals surface area contributed by atoms with Crippen LogP contribution in [0.2, 0.25) is 5.15 Å². The van der Waals surface area contributed by atoms with Gasteiger partial charge in [-0.05, 0) is 25.6 Å². The minimum atomic E-state index is 0.489. The number of oxazole rings is 1. The minimum Gasteiger partial charge on any atom is -0.439 e. The molecule has 2 rings (SSSR count). The molecule has 0 saturated carbocycles. The quantitative estimate of drug-likeness (QED) is 0.799. The Morgan fingerprint density at radius 1 is 1.29 bits per heavy atom. The molecule has 0 N–H and O–H groups in total. The number of aromatic nitrogens is 3. The molecule has 4 nitrogen and oxygen atoms in total. The lowest BCUT2D eigenvalue weighted by Gasteiger charge is -2.05. The van der Waals surface area contributed by atoms with E-state index in [2.05, 4.69) is 15.0 Å². The van der Waals surface area contributed by atoms with Gasteiger partial charge in [0.1, 0.15) is 22.3 Å². The van der Waals surface area contributed by atoms with Crippen molar-refractivity contribution in [1.29, 1.82) is 0 Å². The highest BCUT2D eigenvalue weighted by atomic mass is 35.5. The molecule has 2 aromatic heterocycles. The molecular formula is C11H12ClN3OS. The molecular weight excluding hydrogens is 258 g/mol. The van der Waals surface area contributed by atoms with Gasteiger partial charge in [0, 0.05) is 12.0 Å². The molecule has 0 bridgehead atoms. The van der Waals surface area contributed by atoms with E-state index < -0.39 is 0 Å². The Kier molecular flexibility index (Phi) is 3.69. The van der Waals surface area contributed by atoms with Crippen molar-refractivity contribution in [3.8, 4) is 0 Å². The lowest BCUT2D eigenvalue weighted by atomic mass is 10.3. The Balaban J connectivity index is 2.34. The third-order valence-electron chi connectivity index (χ3n) is 2.19. The standard InChI is InChI=1S/C11H12ClN3OS/c1-4-8-14-9(12)7(3)10(15-8)17-11-13-6(2)5-16-11/h5H,4H2,1-3H3. The summed E-state index contributed by atoms with van der Waals surface area (Å²) in [7, 11) is 0. The predicted molar refractivity (Wildman–Crippen MR) is 66.5 cm³/mol. The summed E-state index contributed by atoms with van der Waals surface area (Å²) in [5.41, 5.74) is 1.70. The van der Waals surface area contributed by atoms with E-state index in [4.69, 9.17) is 16.0 Å². The molecule has 0 unspecified atom stereocenters. The maximum Gasteiger partial charge on any atom is 0.262 e. The predicted octanol–water partition coefficient (Wildman–Crippen LogP) is 3.45. The van der Waals surface area contributed by atoms with Crippen LogP contribution in [0.4, 0.5) is 0 Å². The number of halogens is 1. The second kappa shape index (κ2) is 5.06. The van der Waals surface area contributed by atoms with E-state index in [1.165, 1.54) is 11.8 Å². The van der Waals surface area contributed by atoms with Crippen LogP contribution in [-0.4, -0.2) is 15.0 Å². The Hall–Kier alpha value is -1.07. The van der Waals surface area contributed by atoms with Gasteiger partial charge in [0.05, 0.1) is 5.69 Å². The molecule has 0 atom stereocenters. The maximum atomic E-state index is 6.05. The summed E-state index contributed by atoms with van der Waals surface area (Å²) in [5.74, 6) is 0.728. The van der Waals surface area contributed by atoms with Crippen molar-refractivity contribution in [3.63, 3.8) is 0 Å². The summed E-state index contributed by atoms with van der Waals surface area (Å²) >= 11 is 7.42. The van der Waals surface area contributed by atoms with Crippen LogP contribution in [0.3, 0.4) is 0 Å². The van der Waals surface area contributed by atoms with Gasteiger partial charge >= 0.3 is 0 Å². The zero-order chi connectivity index (χ0) is 12.4. The molecule has 2 aromatic rings. The van der Waals surface area contributed by atoms with Crippen molar-refractivity contribution in [2.24, 2.45) is 0 Å². The molecule has 0 aliphatic rings. The van der Waals surface area contributed by atoms with Crippen LogP contribution in [0, 0.1) is 13.8 Å². The van der Waals surface area contributed by atoms with E-state index in [0.717, 1.165) is 28.5 Å². The third-order valence-corrected chi connectivity index (χ3v) is 3.51. The van der Waals surface area contributed by atoms with Gasteiger partial charge in [-0.15, -0.1) is 0 Å². The second-order valence-electron chi connectivity index (χ2n) is 3.57. The van der Waals surface area contributed by atoms with E-state index in [-0.39, 0.29) is 0 Å². The fourth-order valence-electron chi connectivity index (χ4n) is 1.23. The first-order valence-corrected chi connectivity index (χ1v) is 6.42. The highest BCUT2D eigenvalue weighted by Crippen LogP contribution is 2.30. The van der Waals surface area contributed by atoms with Crippen molar-refractivity contribution >= 4 is 23.4 Å². The van der Waals surface area contributed by atoms with Crippen LogP contribution >= 0.6 is 23.4 Å². The Morgan fingerprint density at radius 2 is 2.06 bits per heavy atom. The summed E-state index contributed by atoms with van der Waals surface area (Å²) in [6, 6.07) is 0. The number of nitrogens with zero attached hydrogens (tertiary/aromatic N) is 3. The smallest absolute Gasteiger partial charge is 0.262 e. The van der Waals surface area contributed by atoms with Crippen molar-refractivity contribution < 1.29 is 4.42 Å². The van der Waals surface area contributed by atoms with E-state index in [9.17, 15) is 0 Å². The van der Waals surface area contributed by atoms with Gasteiger partial charge in [-0.3, -0.25) is 0 Å². The van der Waals surface area contributed by atoms with Gasteiger partial charge in [0.15, 0.2) is 0 Å². The van der Waals surface area contributed by atoms with Crippen molar-refractivity contribution in [2.45, 2.75) is 37.4 Å².